The zero-order valence-corrected chi connectivity index (χ0v) is 17.9. The van der Waals surface area contributed by atoms with Crippen LogP contribution in [0.3, 0.4) is 0 Å². The summed E-state index contributed by atoms with van der Waals surface area (Å²) in [4.78, 5) is 8.80. The Bertz CT molecular complexity index is 906. The first-order chi connectivity index (χ1) is 12.7. The van der Waals surface area contributed by atoms with Gasteiger partial charge in [-0.3, -0.25) is 4.99 Å². The highest BCUT2D eigenvalue weighted by Crippen LogP contribution is 2.14. The van der Waals surface area contributed by atoms with E-state index in [9.17, 15) is 4.39 Å². The molecule has 2 N–H and O–H groups in total. The fraction of sp³-hybridized carbons (Fsp3) is 0.300. The van der Waals surface area contributed by atoms with E-state index in [1.807, 2.05) is 31.2 Å². The molecule has 7 heteroatoms. The number of aliphatic imine (C=N–C) groups is 1. The number of aryl methyl sites for hydroxylation is 1. The van der Waals surface area contributed by atoms with Crippen LogP contribution in [0.15, 0.2) is 53.5 Å². The minimum Gasteiger partial charge on any atom is -0.356 e. The molecule has 0 bridgehead atoms. The zero-order chi connectivity index (χ0) is 18.4. The van der Waals surface area contributed by atoms with Crippen LogP contribution in [-0.4, -0.2) is 35.6 Å². The highest BCUT2D eigenvalue weighted by atomic mass is 127. The molecule has 0 spiro atoms. The van der Waals surface area contributed by atoms with Crippen LogP contribution < -0.4 is 10.6 Å². The molecule has 0 saturated heterocycles. The molecule has 1 aromatic heterocycles. The van der Waals surface area contributed by atoms with Gasteiger partial charge >= 0.3 is 0 Å². The normalized spacial score (nSPS) is 11.3. The Balaban J connectivity index is 0.00000261. The SMILES string of the molecule is CN=C(NCCc1ccccc1F)NCCn1c(C)nc2ccccc21.I. The monoisotopic (exact) mass is 481 g/mol. The fourth-order valence-electron chi connectivity index (χ4n) is 3.00. The average molecular weight is 481 g/mol. The van der Waals surface area contributed by atoms with Crippen molar-refractivity contribution in [3.05, 3.63) is 65.7 Å². The second-order valence-electron chi connectivity index (χ2n) is 6.07. The third-order valence-corrected chi connectivity index (χ3v) is 4.34. The summed E-state index contributed by atoms with van der Waals surface area (Å²) in [6, 6.07) is 15.0. The van der Waals surface area contributed by atoms with E-state index < -0.39 is 0 Å². The van der Waals surface area contributed by atoms with Crippen molar-refractivity contribution in [2.24, 2.45) is 4.99 Å². The first-order valence-electron chi connectivity index (χ1n) is 8.79. The predicted octanol–water partition coefficient (Wildman–Crippen LogP) is 3.51. The van der Waals surface area contributed by atoms with Crippen molar-refractivity contribution >= 4 is 41.0 Å². The van der Waals surface area contributed by atoms with Gasteiger partial charge < -0.3 is 15.2 Å². The van der Waals surface area contributed by atoms with Crippen molar-refractivity contribution in [1.29, 1.82) is 0 Å². The maximum atomic E-state index is 13.6. The summed E-state index contributed by atoms with van der Waals surface area (Å²) in [7, 11) is 1.73. The van der Waals surface area contributed by atoms with Gasteiger partial charge in [-0.25, -0.2) is 9.37 Å². The van der Waals surface area contributed by atoms with Gasteiger partial charge in [0.1, 0.15) is 11.6 Å². The molecule has 0 amide bonds. The molecule has 27 heavy (non-hydrogen) atoms. The lowest BCUT2D eigenvalue weighted by Gasteiger charge is -2.13. The van der Waals surface area contributed by atoms with Crippen molar-refractivity contribution in [2.75, 3.05) is 20.1 Å². The van der Waals surface area contributed by atoms with Crippen molar-refractivity contribution in [1.82, 2.24) is 20.2 Å². The van der Waals surface area contributed by atoms with E-state index in [4.69, 9.17) is 0 Å². The molecule has 3 aromatic rings. The summed E-state index contributed by atoms with van der Waals surface area (Å²) in [5.74, 6) is 1.54. The molecule has 144 valence electrons. The summed E-state index contributed by atoms with van der Waals surface area (Å²) < 4.78 is 15.8. The highest BCUT2D eigenvalue weighted by Gasteiger charge is 2.06. The van der Waals surface area contributed by atoms with Crippen LogP contribution in [0.25, 0.3) is 11.0 Å². The van der Waals surface area contributed by atoms with Crippen LogP contribution in [0.1, 0.15) is 11.4 Å². The second-order valence-corrected chi connectivity index (χ2v) is 6.07. The van der Waals surface area contributed by atoms with Gasteiger partial charge in [-0.2, -0.15) is 0 Å². The zero-order valence-electron chi connectivity index (χ0n) is 15.6. The standard InChI is InChI=1S/C20H24FN5.HI/c1-15-25-18-9-5-6-10-19(18)26(15)14-13-24-20(22-2)23-12-11-16-7-3-4-8-17(16)21;/h3-10H,11-14H2,1-2H3,(H2,22,23,24);1H. The third kappa shape index (κ3) is 5.41. The van der Waals surface area contributed by atoms with Gasteiger partial charge in [0.25, 0.3) is 0 Å². The molecule has 0 unspecified atom stereocenters. The molecule has 0 atom stereocenters. The topological polar surface area (TPSA) is 54.2 Å². The van der Waals surface area contributed by atoms with Crippen LogP contribution in [0.5, 0.6) is 0 Å². The van der Waals surface area contributed by atoms with Gasteiger partial charge in [-0.1, -0.05) is 30.3 Å². The summed E-state index contributed by atoms with van der Waals surface area (Å²) in [5.41, 5.74) is 2.85. The number of aromatic nitrogens is 2. The number of hydrogen-bond acceptors (Lipinski definition) is 2. The number of halogens is 2. The molecule has 2 aromatic carbocycles. The number of hydrogen-bond donors (Lipinski definition) is 2. The van der Waals surface area contributed by atoms with E-state index in [0.29, 0.717) is 24.5 Å². The number of fused-ring (bicyclic) bond motifs is 1. The Kier molecular flexibility index (Phi) is 8.02. The molecule has 0 aliphatic carbocycles. The van der Waals surface area contributed by atoms with Crippen molar-refractivity contribution in [3.8, 4) is 0 Å². The van der Waals surface area contributed by atoms with Gasteiger partial charge in [-0.05, 0) is 37.1 Å². The van der Waals surface area contributed by atoms with Crippen LogP contribution >= 0.6 is 24.0 Å². The number of imidazole rings is 1. The van der Waals surface area contributed by atoms with Gasteiger partial charge in [-0.15, -0.1) is 24.0 Å². The Hall–Kier alpha value is -2.16. The van der Waals surface area contributed by atoms with E-state index in [-0.39, 0.29) is 29.8 Å². The number of guanidine groups is 1. The van der Waals surface area contributed by atoms with E-state index in [2.05, 4.69) is 31.2 Å². The van der Waals surface area contributed by atoms with Gasteiger partial charge in [0.2, 0.25) is 0 Å². The fourth-order valence-corrected chi connectivity index (χ4v) is 3.00. The Morgan fingerprint density at radius 1 is 1.07 bits per heavy atom. The minimum atomic E-state index is -0.167. The number of rotatable bonds is 6. The molecular weight excluding hydrogens is 456 g/mol. The van der Waals surface area contributed by atoms with Crippen LogP contribution in [-0.2, 0) is 13.0 Å². The van der Waals surface area contributed by atoms with Crippen molar-refractivity contribution in [2.45, 2.75) is 19.9 Å². The lowest BCUT2D eigenvalue weighted by molar-refractivity contribution is 0.606. The largest absolute Gasteiger partial charge is 0.356 e. The average Bonchev–Trinajstić information content (AvgIpc) is 2.97. The smallest absolute Gasteiger partial charge is 0.191 e. The summed E-state index contributed by atoms with van der Waals surface area (Å²) in [6.45, 7) is 4.15. The van der Waals surface area contributed by atoms with Gasteiger partial charge in [0.15, 0.2) is 5.96 Å². The molecule has 1 heterocycles. The molecule has 0 aliphatic heterocycles. The molecule has 3 rings (SSSR count). The van der Waals surface area contributed by atoms with Crippen molar-refractivity contribution < 1.29 is 4.39 Å². The molecule has 0 fully saturated rings. The molecule has 5 nitrogen and oxygen atoms in total. The number of nitrogens with zero attached hydrogens (tertiary/aromatic N) is 3. The van der Waals surface area contributed by atoms with E-state index in [1.165, 1.54) is 6.07 Å². The van der Waals surface area contributed by atoms with Gasteiger partial charge in [0.05, 0.1) is 11.0 Å². The second kappa shape index (κ2) is 10.2. The maximum absolute atomic E-state index is 13.6. The molecular formula is C20H25FIN5. The lowest BCUT2D eigenvalue weighted by Crippen LogP contribution is -2.39. The molecule has 0 aliphatic rings. The van der Waals surface area contributed by atoms with Crippen molar-refractivity contribution in [3.63, 3.8) is 0 Å². The predicted molar refractivity (Wildman–Crippen MR) is 119 cm³/mol. The number of para-hydroxylation sites is 2. The minimum absolute atomic E-state index is 0. The summed E-state index contributed by atoms with van der Waals surface area (Å²) in [5, 5.41) is 6.52. The third-order valence-electron chi connectivity index (χ3n) is 4.34. The highest BCUT2D eigenvalue weighted by molar-refractivity contribution is 14.0. The van der Waals surface area contributed by atoms with Crippen LogP contribution in [0, 0.1) is 12.7 Å². The Morgan fingerprint density at radius 2 is 1.78 bits per heavy atom. The lowest BCUT2D eigenvalue weighted by atomic mass is 10.1. The van der Waals surface area contributed by atoms with E-state index in [0.717, 1.165) is 29.9 Å². The number of benzene rings is 2. The van der Waals surface area contributed by atoms with Crippen LogP contribution in [0.4, 0.5) is 4.39 Å². The quantitative estimate of drug-likeness (QED) is 0.322. The maximum Gasteiger partial charge on any atom is 0.191 e. The van der Waals surface area contributed by atoms with E-state index >= 15 is 0 Å². The number of nitrogens with one attached hydrogen (secondary N) is 2. The first kappa shape index (κ1) is 21.1. The summed E-state index contributed by atoms with van der Waals surface area (Å²) >= 11 is 0. The van der Waals surface area contributed by atoms with Crippen LogP contribution in [0.2, 0.25) is 0 Å². The molecule has 0 radical (unpaired) electrons. The first-order valence-corrected chi connectivity index (χ1v) is 8.79. The molecule has 0 saturated carbocycles. The van der Waals surface area contributed by atoms with Gasteiger partial charge in [0, 0.05) is 26.7 Å². The summed E-state index contributed by atoms with van der Waals surface area (Å²) in [6.07, 6.45) is 0.610. The van der Waals surface area contributed by atoms with E-state index in [1.54, 1.807) is 19.2 Å². The Labute approximate surface area is 176 Å². The Morgan fingerprint density at radius 3 is 2.56 bits per heavy atom.